The van der Waals surface area contributed by atoms with Crippen molar-refractivity contribution in [2.45, 2.75) is 45.2 Å². The van der Waals surface area contributed by atoms with Gasteiger partial charge in [-0.2, -0.15) is 0 Å². The van der Waals surface area contributed by atoms with E-state index in [4.69, 9.17) is 4.74 Å². The molecular weight excluding hydrogens is 352 g/mol. The molecule has 2 atom stereocenters. The summed E-state index contributed by atoms with van der Waals surface area (Å²) in [5.41, 5.74) is 1.33. The molecule has 0 aromatic heterocycles. The standard InChI is InChI=1S/C19H29BrN2O/c1-15-4-3-5-18(12-15)22-10-8-21(9-11-22)14-16-13-17(20)6-7-19(16)23-2/h6-7,13,15,18H,3-5,8-12,14H2,1-2H3/p+2/t15-,18+/m1/s1. The maximum atomic E-state index is 5.53. The molecule has 1 heterocycles. The van der Waals surface area contributed by atoms with Crippen LogP contribution in [0.15, 0.2) is 22.7 Å². The summed E-state index contributed by atoms with van der Waals surface area (Å²) in [6, 6.07) is 7.28. The molecule has 3 nitrogen and oxygen atoms in total. The average molecular weight is 383 g/mol. The first-order chi connectivity index (χ1) is 11.2. The summed E-state index contributed by atoms with van der Waals surface area (Å²) in [7, 11) is 1.77. The first kappa shape index (κ1) is 17.2. The van der Waals surface area contributed by atoms with Crippen LogP contribution in [0.3, 0.4) is 0 Å². The van der Waals surface area contributed by atoms with Gasteiger partial charge in [0, 0.05) is 16.5 Å². The number of rotatable bonds is 4. The van der Waals surface area contributed by atoms with E-state index in [2.05, 4.69) is 41.1 Å². The molecule has 2 aliphatic rings. The number of piperazine rings is 1. The maximum Gasteiger partial charge on any atom is 0.127 e. The Morgan fingerprint density at radius 2 is 1.96 bits per heavy atom. The number of ether oxygens (including phenoxy) is 1. The highest BCUT2D eigenvalue weighted by molar-refractivity contribution is 9.10. The summed E-state index contributed by atoms with van der Waals surface area (Å²) in [5.74, 6) is 1.97. The van der Waals surface area contributed by atoms with Gasteiger partial charge >= 0.3 is 0 Å². The Hall–Kier alpha value is -0.580. The fraction of sp³-hybridized carbons (Fsp3) is 0.684. The Morgan fingerprint density at radius 1 is 1.17 bits per heavy atom. The van der Waals surface area contributed by atoms with E-state index in [0.717, 1.165) is 28.7 Å². The van der Waals surface area contributed by atoms with Crippen molar-refractivity contribution >= 4 is 15.9 Å². The van der Waals surface area contributed by atoms with Crippen LogP contribution in [0.5, 0.6) is 5.75 Å². The van der Waals surface area contributed by atoms with Crippen molar-refractivity contribution in [2.75, 3.05) is 33.3 Å². The SMILES string of the molecule is COc1ccc(Br)cc1C[NH+]1CC[NH+]([C@H]2CCC[C@@H](C)C2)CC1. The van der Waals surface area contributed by atoms with Gasteiger partial charge in [0.25, 0.3) is 0 Å². The van der Waals surface area contributed by atoms with Gasteiger partial charge in [0.15, 0.2) is 0 Å². The smallest absolute Gasteiger partial charge is 0.127 e. The van der Waals surface area contributed by atoms with Crippen molar-refractivity contribution in [3.8, 4) is 5.75 Å². The van der Waals surface area contributed by atoms with Crippen molar-refractivity contribution in [2.24, 2.45) is 5.92 Å². The van der Waals surface area contributed by atoms with Crippen LogP contribution < -0.4 is 14.5 Å². The molecule has 1 saturated heterocycles. The second-order valence-electron chi connectivity index (χ2n) is 7.51. The molecule has 0 unspecified atom stereocenters. The van der Waals surface area contributed by atoms with E-state index >= 15 is 0 Å². The zero-order valence-corrected chi connectivity index (χ0v) is 16.1. The third kappa shape index (κ3) is 4.49. The highest BCUT2D eigenvalue weighted by atomic mass is 79.9. The summed E-state index contributed by atoms with van der Waals surface area (Å²) < 4.78 is 6.68. The summed E-state index contributed by atoms with van der Waals surface area (Å²) in [6.07, 6.45) is 5.80. The lowest BCUT2D eigenvalue weighted by Crippen LogP contribution is -3.29. The maximum absolute atomic E-state index is 5.53. The largest absolute Gasteiger partial charge is 0.496 e. The van der Waals surface area contributed by atoms with Crippen LogP contribution in [0.25, 0.3) is 0 Å². The minimum Gasteiger partial charge on any atom is -0.496 e. The number of hydrogen-bond donors (Lipinski definition) is 2. The number of halogens is 1. The lowest BCUT2D eigenvalue weighted by atomic mass is 9.86. The van der Waals surface area contributed by atoms with Gasteiger partial charge in [0.2, 0.25) is 0 Å². The van der Waals surface area contributed by atoms with Gasteiger partial charge in [-0.25, -0.2) is 0 Å². The first-order valence-corrected chi connectivity index (χ1v) is 9.95. The molecule has 4 heteroatoms. The molecule has 0 radical (unpaired) electrons. The van der Waals surface area contributed by atoms with E-state index in [-0.39, 0.29) is 0 Å². The molecule has 128 valence electrons. The first-order valence-electron chi connectivity index (χ1n) is 9.16. The molecule has 1 aliphatic carbocycles. The molecular formula is C19H31BrN2O+2. The van der Waals surface area contributed by atoms with Crippen LogP contribution in [0.2, 0.25) is 0 Å². The van der Waals surface area contributed by atoms with E-state index in [9.17, 15) is 0 Å². The molecule has 2 N–H and O–H groups in total. The molecule has 1 aliphatic heterocycles. The van der Waals surface area contributed by atoms with Crippen LogP contribution in [0.4, 0.5) is 0 Å². The Labute approximate surface area is 149 Å². The third-order valence-corrected chi connectivity index (χ3v) is 6.29. The van der Waals surface area contributed by atoms with Gasteiger partial charge in [-0.15, -0.1) is 0 Å². The van der Waals surface area contributed by atoms with E-state index in [0.29, 0.717) is 0 Å². The van der Waals surface area contributed by atoms with Gasteiger partial charge in [0.1, 0.15) is 38.5 Å². The zero-order valence-electron chi connectivity index (χ0n) is 14.5. The van der Waals surface area contributed by atoms with Gasteiger partial charge in [-0.3, -0.25) is 0 Å². The van der Waals surface area contributed by atoms with Gasteiger partial charge in [-0.05, 0) is 37.0 Å². The summed E-state index contributed by atoms with van der Waals surface area (Å²) in [4.78, 5) is 3.58. The fourth-order valence-electron chi connectivity index (χ4n) is 4.47. The number of nitrogens with one attached hydrogen (secondary N) is 2. The highest BCUT2D eigenvalue weighted by Gasteiger charge is 2.32. The van der Waals surface area contributed by atoms with Crippen molar-refractivity contribution in [1.29, 1.82) is 0 Å². The average Bonchev–Trinajstić information content (AvgIpc) is 2.56. The number of quaternary nitrogens is 2. The molecule has 23 heavy (non-hydrogen) atoms. The Balaban J connectivity index is 1.54. The second kappa shape index (κ2) is 8.00. The molecule has 1 saturated carbocycles. The van der Waals surface area contributed by atoms with Gasteiger partial charge in [-0.1, -0.05) is 29.3 Å². The summed E-state index contributed by atoms with van der Waals surface area (Å²) >= 11 is 3.59. The lowest BCUT2D eigenvalue weighted by molar-refractivity contribution is -1.03. The molecule has 0 amide bonds. The minimum atomic E-state index is 0.931. The minimum absolute atomic E-state index is 0.931. The van der Waals surface area contributed by atoms with Gasteiger partial charge < -0.3 is 14.5 Å². The van der Waals surface area contributed by atoms with Crippen LogP contribution in [-0.4, -0.2) is 39.3 Å². The molecule has 1 aromatic carbocycles. The van der Waals surface area contributed by atoms with Crippen molar-refractivity contribution in [1.82, 2.24) is 0 Å². The number of benzene rings is 1. The second-order valence-corrected chi connectivity index (χ2v) is 8.43. The van der Waals surface area contributed by atoms with Gasteiger partial charge in [0.05, 0.1) is 13.2 Å². The molecule has 0 bridgehead atoms. The highest BCUT2D eigenvalue weighted by Crippen LogP contribution is 2.23. The van der Waals surface area contributed by atoms with Crippen molar-refractivity contribution in [3.05, 3.63) is 28.2 Å². The van der Waals surface area contributed by atoms with E-state index in [1.54, 1.807) is 12.0 Å². The zero-order chi connectivity index (χ0) is 16.2. The Kier molecular flexibility index (Phi) is 6.00. The fourth-order valence-corrected chi connectivity index (χ4v) is 4.88. The predicted octanol–water partition coefficient (Wildman–Crippen LogP) is 1.32. The summed E-state index contributed by atoms with van der Waals surface area (Å²) in [6.45, 7) is 8.77. The molecule has 3 rings (SSSR count). The molecule has 1 aromatic rings. The quantitative estimate of drug-likeness (QED) is 0.803. The van der Waals surface area contributed by atoms with Crippen LogP contribution >= 0.6 is 15.9 Å². The monoisotopic (exact) mass is 382 g/mol. The Bertz CT molecular complexity index is 514. The van der Waals surface area contributed by atoms with E-state index in [1.165, 1.54) is 57.4 Å². The number of hydrogen-bond acceptors (Lipinski definition) is 1. The summed E-state index contributed by atoms with van der Waals surface area (Å²) in [5, 5.41) is 0. The molecule has 2 fully saturated rings. The van der Waals surface area contributed by atoms with E-state index in [1.807, 2.05) is 4.90 Å². The van der Waals surface area contributed by atoms with E-state index < -0.39 is 0 Å². The van der Waals surface area contributed by atoms with Crippen LogP contribution in [0.1, 0.15) is 38.2 Å². The normalized spacial score (nSPS) is 31.8. The third-order valence-electron chi connectivity index (χ3n) is 5.80. The van der Waals surface area contributed by atoms with Crippen molar-refractivity contribution in [3.63, 3.8) is 0 Å². The lowest BCUT2D eigenvalue weighted by Gasteiger charge is -2.37. The Morgan fingerprint density at radius 3 is 2.65 bits per heavy atom. The van der Waals surface area contributed by atoms with Crippen LogP contribution in [-0.2, 0) is 6.54 Å². The predicted molar refractivity (Wildman–Crippen MR) is 97.2 cm³/mol. The van der Waals surface area contributed by atoms with Crippen LogP contribution in [0, 0.1) is 5.92 Å². The number of methoxy groups -OCH3 is 1. The molecule has 0 spiro atoms. The van der Waals surface area contributed by atoms with Crippen molar-refractivity contribution < 1.29 is 14.5 Å². The topological polar surface area (TPSA) is 18.1 Å².